The largest absolute Gasteiger partial charge is 0.379 e. The van der Waals surface area contributed by atoms with Crippen LogP contribution in [0.5, 0.6) is 0 Å². The Kier molecular flexibility index (Phi) is 4.94. The van der Waals surface area contributed by atoms with E-state index in [0.29, 0.717) is 5.41 Å². The minimum Gasteiger partial charge on any atom is -0.379 e. The van der Waals surface area contributed by atoms with Gasteiger partial charge in [-0.15, -0.1) is 11.3 Å². The van der Waals surface area contributed by atoms with E-state index in [1.54, 1.807) is 11.3 Å². The van der Waals surface area contributed by atoms with Gasteiger partial charge in [-0.3, -0.25) is 4.90 Å². The molecule has 118 valence electrons. The molecule has 5 heteroatoms. The number of rotatable bonds is 3. The van der Waals surface area contributed by atoms with Crippen LogP contribution in [0.15, 0.2) is 5.38 Å². The molecule has 2 saturated heterocycles. The lowest BCUT2D eigenvalue weighted by molar-refractivity contribution is 0.00302. The van der Waals surface area contributed by atoms with Crippen molar-refractivity contribution < 1.29 is 4.74 Å². The van der Waals surface area contributed by atoms with E-state index in [1.807, 2.05) is 0 Å². The van der Waals surface area contributed by atoms with Gasteiger partial charge in [0.1, 0.15) is 0 Å². The quantitative estimate of drug-likeness (QED) is 0.857. The third-order valence-corrected chi connectivity index (χ3v) is 5.58. The van der Waals surface area contributed by atoms with E-state index >= 15 is 0 Å². The fourth-order valence-corrected chi connectivity index (χ4v) is 4.36. The van der Waals surface area contributed by atoms with Gasteiger partial charge in [-0.25, -0.2) is 4.98 Å². The van der Waals surface area contributed by atoms with Crippen molar-refractivity contribution in [2.24, 2.45) is 5.41 Å². The van der Waals surface area contributed by atoms with E-state index in [-0.39, 0.29) is 0 Å². The van der Waals surface area contributed by atoms with Gasteiger partial charge in [0, 0.05) is 37.0 Å². The summed E-state index contributed by atoms with van der Waals surface area (Å²) in [6, 6.07) is 0. The standard InChI is InChI=1S/C16H27N3OS/c1-3-18-7-8-20-13-16(11-18)5-4-6-19(12-16)9-15-10-21-14(2)17-15/h10H,3-9,11-13H2,1-2H3. The molecule has 1 aromatic rings. The van der Waals surface area contributed by atoms with Gasteiger partial charge < -0.3 is 9.64 Å². The Bertz CT molecular complexity index is 464. The van der Waals surface area contributed by atoms with Crippen LogP contribution in [0.2, 0.25) is 0 Å². The van der Waals surface area contributed by atoms with Crippen LogP contribution >= 0.6 is 11.3 Å². The molecule has 1 aromatic heterocycles. The summed E-state index contributed by atoms with van der Waals surface area (Å²) in [5.41, 5.74) is 1.56. The van der Waals surface area contributed by atoms with Crippen molar-refractivity contribution >= 4 is 11.3 Å². The number of aryl methyl sites for hydroxylation is 1. The number of aromatic nitrogens is 1. The molecule has 2 aliphatic rings. The van der Waals surface area contributed by atoms with E-state index < -0.39 is 0 Å². The van der Waals surface area contributed by atoms with E-state index in [1.165, 1.54) is 36.6 Å². The molecule has 0 bridgehead atoms. The number of nitrogens with zero attached hydrogens (tertiary/aromatic N) is 3. The van der Waals surface area contributed by atoms with Gasteiger partial charge >= 0.3 is 0 Å². The van der Waals surface area contributed by atoms with Crippen molar-refractivity contribution in [3.63, 3.8) is 0 Å². The molecule has 0 aromatic carbocycles. The number of likely N-dealkylation sites (N-methyl/N-ethyl adjacent to an activating group) is 1. The molecule has 2 fully saturated rings. The highest BCUT2D eigenvalue weighted by molar-refractivity contribution is 7.09. The van der Waals surface area contributed by atoms with Gasteiger partial charge in [0.2, 0.25) is 0 Å². The summed E-state index contributed by atoms with van der Waals surface area (Å²) in [6.45, 7) is 12.9. The number of thiazole rings is 1. The second-order valence-electron chi connectivity index (χ2n) is 6.59. The topological polar surface area (TPSA) is 28.6 Å². The SMILES string of the molecule is CCN1CCOCC2(CCCN(Cc3csc(C)n3)C2)C1. The highest BCUT2D eigenvalue weighted by Gasteiger charge is 2.38. The zero-order valence-electron chi connectivity index (χ0n) is 13.3. The van der Waals surface area contributed by atoms with Crippen LogP contribution in [0.25, 0.3) is 0 Å². The first kappa shape index (κ1) is 15.4. The zero-order valence-corrected chi connectivity index (χ0v) is 14.1. The average Bonchev–Trinajstić information content (AvgIpc) is 2.77. The number of likely N-dealkylation sites (tertiary alicyclic amines) is 1. The van der Waals surface area contributed by atoms with Crippen LogP contribution in [-0.4, -0.2) is 60.7 Å². The molecule has 1 unspecified atom stereocenters. The molecular weight excluding hydrogens is 282 g/mol. The molecule has 4 nitrogen and oxygen atoms in total. The summed E-state index contributed by atoms with van der Waals surface area (Å²) < 4.78 is 5.94. The molecule has 0 radical (unpaired) electrons. The Labute approximate surface area is 132 Å². The first-order chi connectivity index (χ1) is 10.2. The Morgan fingerprint density at radius 3 is 2.95 bits per heavy atom. The highest BCUT2D eigenvalue weighted by Crippen LogP contribution is 2.33. The van der Waals surface area contributed by atoms with E-state index in [2.05, 4.69) is 34.0 Å². The fraction of sp³-hybridized carbons (Fsp3) is 0.812. The van der Waals surface area contributed by atoms with Crippen molar-refractivity contribution in [2.45, 2.75) is 33.2 Å². The molecule has 2 aliphatic heterocycles. The summed E-state index contributed by atoms with van der Waals surface area (Å²) in [5.74, 6) is 0. The van der Waals surface area contributed by atoms with Crippen LogP contribution in [0.4, 0.5) is 0 Å². The maximum Gasteiger partial charge on any atom is 0.0897 e. The van der Waals surface area contributed by atoms with Crippen molar-refractivity contribution in [1.29, 1.82) is 0 Å². The maximum absolute atomic E-state index is 5.94. The summed E-state index contributed by atoms with van der Waals surface area (Å²) >= 11 is 1.76. The molecule has 3 rings (SSSR count). The smallest absolute Gasteiger partial charge is 0.0897 e. The third kappa shape index (κ3) is 3.83. The first-order valence-corrected chi connectivity index (χ1v) is 9.00. The molecule has 0 amide bonds. The molecule has 21 heavy (non-hydrogen) atoms. The van der Waals surface area contributed by atoms with Crippen LogP contribution in [0.3, 0.4) is 0 Å². The molecule has 1 atom stereocenters. The molecule has 0 saturated carbocycles. The normalized spacial score (nSPS) is 28.9. The van der Waals surface area contributed by atoms with Crippen molar-refractivity contribution in [1.82, 2.24) is 14.8 Å². The molecule has 0 N–H and O–H groups in total. The first-order valence-electron chi connectivity index (χ1n) is 8.13. The zero-order chi connectivity index (χ0) is 14.7. The predicted molar refractivity (Wildman–Crippen MR) is 86.7 cm³/mol. The number of ether oxygens (including phenoxy) is 1. The summed E-state index contributed by atoms with van der Waals surface area (Å²) in [4.78, 5) is 9.77. The van der Waals surface area contributed by atoms with Gasteiger partial charge in [-0.2, -0.15) is 0 Å². The number of hydrogen-bond donors (Lipinski definition) is 0. The van der Waals surface area contributed by atoms with Crippen molar-refractivity contribution in [3.05, 3.63) is 16.1 Å². The number of hydrogen-bond acceptors (Lipinski definition) is 5. The second kappa shape index (κ2) is 6.73. The predicted octanol–water partition coefficient (Wildman–Crippen LogP) is 2.39. The Morgan fingerprint density at radius 1 is 1.33 bits per heavy atom. The second-order valence-corrected chi connectivity index (χ2v) is 7.66. The average molecular weight is 309 g/mol. The number of piperidine rings is 1. The van der Waals surface area contributed by atoms with Crippen molar-refractivity contribution in [3.8, 4) is 0 Å². The Morgan fingerprint density at radius 2 is 2.19 bits per heavy atom. The third-order valence-electron chi connectivity index (χ3n) is 4.76. The Balaban J connectivity index is 1.66. The fourth-order valence-electron chi connectivity index (χ4n) is 3.75. The minimum absolute atomic E-state index is 0.329. The van der Waals surface area contributed by atoms with Gasteiger partial charge in [0.05, 0.1) is 23.9 Å². The molecule has 0 aliphatic carbocycles. The van der Waals surface area contributed by atoms with E-state index in [4.69, 9.17) is 4.74 Å². The van der Waals surface area contributed by atoms with Gasteiger partial charge in [-0.1, -0.05) is 6.92 Å². The molecular formula is C16H27N3OS. The lowest BCUT2D eigenvalue weighted by atomic mass is 9.80. The van der Waals surface area contributed by atoms with Crippen LogP contribution < -0.4 is 0 Å². The molecule has 1 spiro atoms. The Hall–Kier alpha value is -0.490. The minimum atomic E-state index is 0.329. The molecule has 3 heterocycles. The van der Waals surface area contributed by atoms with Gasteiger partial charge in [0.15, 0.2) is 0 Å². The summed E-state index contributed by atoms with van der Waals surface area (Å²) in [6.07, 6.45) is 2.58. The lowest BCUT2D eigenvalue weighted by Gasteiger charge is -2.43. The summed E-state index contributed by atoms with van der Waals surface area (Å²) in [7, 11) is 0. The van der Waals surface area contributed by atoms with E-state index in [9.17, 15) is 0 Å². The maximum atomic E-state index is 5.94. The van der Waals surface area contributed by atoms with Crippen LogP contribution in [0, 0.1) is 12.3 Å². The van der Waals surface area contributed by atoms with Crippen LogP contribution in [0.1, 0.15) is 30.5 Å². The van der Waals surface area contributed by atoms with Crippen LogP contribution in [-0.2, 0) is 11.3 Å². The van der Waals surface area contributed by atoms with E-state index in [0.717, 1.165) is 39.4 Å². The van der Waals surface area contributed by atoms with Gasteiger partial charge in [0.25, 0.3) is 0 Å². The van der Waals surface area contributed by atoms with Gasteiger partial charge in [-0.05, 0) is 32.9 Å². The highest BCUT2D eigenvalue weighted by atomic mass is 32.1. The lowest BCUT2D eigenvalue weighted by Crippen LogP contribution is -2.50. The monoisotopic (exact) mass is 309 g/mol. The summed E-state index contributed by atoms with van der Waals surface area (Å²) in [5, 5.41) is 3.38. The van der Waals surface area contributed by atoms with Crippen molar-refractivity contribution in [2.75, 3.05) is 45.9 Å².